The lowest BCUT2D eigenvalue weighted by Gasteiger charge is -2.17. The average molecular weight is 423 g/mol. The Morgan fingerprint density at radius 2 is 2.00 bits per heavy atom. The standard InChI is InChI=1S/C15H25N3OS.HI/c1-5-16-15(18-12(2)11-19-3)17-10-13-6-8-14(20-4)9-7-13;/h6-9,12H,5,10-11H2,1-4H3,(H2,16,17,18);1H. The third-order valence-electron chi connectivity index (χ3n) is 2.72. The van der Waals surface area contributed by atoms with Crippen molar-refractivity contribution in [3.05, 3.63) is 29.8 Å². The molecule has 0 heterocycles. The van der Waals surface area contributed by atoms with E-state index in [1.165, 1.54) is 10.5 Å². The highest BCUT2D eigenvalue weighted by Gasteiger charge is 2.04. The van der Waals surface area contributed by atoms with Gasteiger partial charge in [-0.1, -0.05) is 12.1 Å². The predicted molar refractivity (Wildman–Crippen MR) is 103 cm³/mol. The fraction of sp³-hybridized carbons (Fsp3) is 0.533. The van der Waals surface area contributed by atoms with E-state index < -0.39 is 0 Å². The zero-order chi connectivity index (χ0) is 14.8. The molecule has 1 rings (SSSR count). The lowest BCUT2D eigenvalue weighted by molar-refractivity contribution is 0.179. The molecule has 0 aliphatic rings. The maximum absolute atomic E-state index is 5.12. The third kappa shape index (κ3) is 8.53. The molecule has 1 atom stereocenters. The minimum absolute atomic E-state index is 0. The van der Waals surface area contributed by atoms with E-state index in [4.69, 9.17) is 4.74 Å². The van der Waals surface area contributed by atoms with E-state index in [2.05, 4.69) is 60.0 Å². The topological polar surface area (TPSA) is 45.7 Å². The van der Waals surface area contributed by atoms with E-state index in [0.717, 1.165) is 12.5 Å². The number of hydrogen-bond donors (Lipinski definition) is 2. The first kappa shape index (κ1) is 20.5. The molecule has 1 unspecified atom stereocenters. The van der Waals surface area contributed by atoms with Crippen LogP contribution in [0.25, 0.3) is 0 Å². The van der Waals surface area contributed by atoms with Crippen LogP contribution in [0.15, 0.2) is 34.2 Å². The molecule has 1 aromatic rings. The Bertz CT molecular complexity index is 412. The van der Waals surface area contributed by atoms with Crippen LogP contribution in [0, 0.1) is 0 Å². The average Bonchev–Trinajstić information content (AvgIpc) is 2.46. The number of benzene rings is 1. The van der Waals surface area contributed by atoms with E-state index in [1.807, 2.05) is 0 Å². The van der Waals surface area contributed by atoms with Crippen molar-refractivity contribution in [3.8, 4) is 0 Å². The third-order valence-corrected chi connectivity index (χ3v) is 3.47. The molecule has 2 N–H and O–H groups in total. The van der Waals surface area contributed by atoms with E-state index in [-0.39, 0.29) is 30.0 Å². The van der Waals surface area contributed by atoms with Gasteiger partial charge in [-0.3, -0.25) is 0 Å². The second-order valence-corrected chi connectivity index (χ2v) is 5.42. The van der Waals surface area contributed by atoms with Crippen LogP contribution in [0.4, 0.5) is 0 Å². The fourth-order valence-electron chi connectivity index (χ4n) is 1.75. The first-order valence-electron chi connectivity index (χ1n) is 6.86. The van der Waals surface area contributed by atoms with Crippen LogP contribution in [-0.2, 0) is 11.3 Å². The molecule has 0 saturated heterocycles. The summed E-state index contributed by atoms with van der Waals surface area (Å²) in [6.45, 7) is 6.31. The number of rotatable bonds is 7. The van der Waals surface area contributed by atoms with Crippen molar-refractivity contribution in [2.45, 2.75) is 31.3 Å². The van der Waals surface area contributed by atoms with Crippen molar-refractivity contribution < 1.29 is 4.74 Å². The van der Waals surface area contributed by atoms with Crippen molar-refractivity contribution in [1.29, 1.82) is 0 Å². The van der Waals surface area contributed by atoms with Gasteiger partial charge in [0.05, 0.1) is 13.2 Å². The number of ether oxygens (including phenoxy) is 1. The molecule has 0 radical (unpaired) electrons. The van der Waals surface area contributed by atoms with Crippen molar-refractivity contribution in [3.63, 3.8) is 0 Å². The van der Waals surface area contributed by atoms with Crippen LogP contribution in [0.1, 0.15) is 19.4 Å². The van der Waals surface area contributed by atoms with Gasteiger partial charge in [-0.05, 0) is 37.8 Å². The molecule has 0 amide bonds. The van der Waals surface area contributed by atoms with Crippen molar-refractivity contribution in [2.24, 2.45) is 4.99 Å². The minimum atomic E-state index is 0. The van der Waals surface area contributed by atoms with E-state index >= 15 is 0 Å². The van der Waals surface area contributed by atoms with Crippen LogP contribution >= 0.6 is 35.7 Å². The summed E-state index contributed by atoms with van der Waals surface area (Å²) in [4.78, 5) is 5.87. The molecular formula is C15H26IN3OS. The van der Waals surface area contributed by atoms with Gasteiger partial charge in [-0.25, -0.2) is 4.99 Å². The summed E-state index contributed by atoms with van der Waals surface area (Å²) in [6, 6.07) is 8.73. The Hall–Kier alpha value is -0.470. The number of halogens is 1. The molecule has 0 aliphatic carbocycles. The summed E-state index contributed by atoms with van der Waals surface area (Å²) < 4.78 is 5.12. The summed E-state index contributed by atoms with van der Waals surface area (Å²) >= 11 is 1.75. The van der Waals surface area contributed by atoms with Crippen molar-refractivity contribution >= 4 is 41.7 Å². The normalized spacial score (nSPS) is 12.5. The molecule has 120 valence electrons. The Morgan fingerprint density at radius 3 is 2.52 bits per heavy atom. The van der Waals surface area contributed by atoms with Crippen molar-refractivity contribution in [1.82, 2.24) is 10.6 Å². The highest BCUT2D eigenvalue weighted by atomic mass is 127. The molecule has 1 aromatic carbocycles. The first-order chi connectivity index (χ1) is 9.69. The quantitative estimate of drug-likeness (QED) is 0.306. The largest absolute Gasteiger partial charge is 0.383 e. The minimum Gasteiger partial charge on any atom is -0.383 e. The summed E-state index contributed by atoms with van der Waals surface area (Å²) in [7, 11) is 1.70. The molecule has 0 aromatic heterocycles. The highest BCUT2D eigenvalue weighted by molar-refractivity contribution is 14.0. The van der Waals surface area contributed by atoms with Gasteiger partial charge in [0.25, 0.3) is 0 Å². The first-order valence-corrected chi connectivity index (χ1v) is 8.08. The second-order valence-electron chi connectivity index (χ2n) is 4.54. The van der Waals surface area contributed by atoms with Crippen LogP contribution in [0.3, 0.4) is 0 Å². The number of aliphatic imine (C=N–C) groups is 1. The van der Waals surface area contributed by atoms with Crippen LogP contribution in [0.5, 0.6) is 0 Å². The molecule has 6 heteroatoms. The molecular weight excluding hydrogens is 397 g/mol. The van der Waals surface area contributed by atoms with Gasteiger partial charge in [0, 0.05) is 24.6 Å². The number of guanidine groups is 1. The molecule has 0 aliphatic heterocycles. The van der Waals surface area contributed by atoms with Gasteiger partial charge in [0.15, 0.2) is 5.96 Å². The van der Waals surface area contributed by atoms with Gasteiger partial charge in [-0.2, -0.15) is 0 Å². The molecule has 0 bridgehead atoms. The summed E-state index contributed by atoms with van der Waals surface area (Å²) in [5, 5.41) is 6.57. The lowest BCUT2D eigenvalue weighted by atomic mass is 10.2. The Morgan fingerprint density at radius 1 is 1.33 bits per heavy atom. The van der Waals surface area contributed by atoms with E-state index in [9.17, 15) is 0 Å². The molecule has 21 heavy (non-hydrogen) atoms. The SMILES string of the molecule is CCNC(=NCc1ccc(SC)cc1)NC(C)COC.I. The Kier molecular flexibility index (Phi) is 11.8. The van der Waals surface area contributed by atoms with Gasteiger partial charge in [0.1, 0.15) is 0 Å². The van der Waals surface area contributed by atoms with Crippen molar-refractivity contribution in [2.75, 3.05) is 26.5 Å². The van der Waals surface area contributed by atoms with Crippen LogP contribution < -0.4 is 10.6 Å². The lowest BCUT2D eigenvalue weighted by Crippen LogP contribution is -2.43. The molecule has 0 fully saturated rings. The fourth-order valence-corrected chi connectivity index (χ4v) is 2.15. The highest BCUT2D eigenvalue weighted by Crippen LogP contribution is 2.15. The Balaban J connectivity index is 0.00000400. The van der Waals surface area contributed by atoms with Gasteiger partial charge in [0.2, 0.25) is 0 Å². The number of nitrogens with one attached hydrogen (secondary N) is 2. The zero-order valence-electron chi connectivity index (χ0n) is 13.2. The smallest absolute Gasteiger partial charge is 0.191 e. The summed E-state index contributed by atoms with van der Waals surface area (Å²) in [5.74, 6) is 0.825. The van der Waals surface area contributed by atoms with Crippen LogP contribution in [0.2, 0.25) is 0 Å². The van der Waals surface area contributed by atoms with E-state index in [1.54, 1.807) is 18.9 Å². The summed E-state index contributed by atoms with van der Waals surface area (Å²) in [6.07, 6.45) is 2.08. The maximum Gasteiger partial charge on any atom is 0.191 e. The second kappa shape index (κ2) is 12.1. The molecule has 0 spiro atoms. The number of thioether (sulfide) groups is 1. The monoisotopic (exact) mass is 423 g/mol. The Labute approximate surface area is 149 Å². The number of nitrogens with zero attached hydrogens (tertiary/aromatic N) is 1. The number of methoxy groups -OCH3 is 1. The zero-order valence-corrected chi connectivity index (χ0v) is 16.3. The summed E-state index contributed by atoms with van der Waals surface area (Å²) in [5.41, 5.74) is 1.21. The van der Waals surface area contributed by atoms with Gasteiger partial charge < -0.3 is 15.4 Å². The van der Waals surface area contributed by atoms with Crippen LogP contribution in [-0.4, -0.2) is 38.5 Å². The van der Waals surface area contributed by atoms with Gasteiger partial charge in [-0.15, -0.1) is 35.7 Å². The van der Waals surface area contributed by atoms with Gasteiger partial charge >= 0.3 is 0 Å². The molecule has 0 saturated carbocycles. The molecule has 4 nitrogen and oxygen atoms in total. The predicted octanol–water partition coefficient (Wildman–Crippen LogP) is 3.12. The van der Waals surface area contributed by atoms with E-state index in [0.29, 0.717) is 13.2 Å². The number of hydrogen-bond acceptors (Lipinski definition) is 3. The maximum atomic E-state index is 5.12.